The number of phenolic OH excluding ortho intramolecular Hbond substituents is 1. The van der Waals surface area contributed by atoms with E-state index in [9.17, 15) is 15.0 Å². The van der Waals surface area contributed by atoms with Crippen LogP contribution in [0.2, 0.25) is 0 Å². The number of fused-ring (bicyclic) bond motifs is 1. The summed E-state index contributed by atoms with van der Waals surface area (Å²) in [5.41, 5.74) is 1.63. The standard InChI is InChI=1S/C16H10BrNO4S/c17-10-5-6-12(19)9(7-10)8-14(15(20)21)23-16-18-11-3-1-2-4-13(11)22-16/h1-8,19H,(H,20,21)/b14-8-. The lowest BCUT2D eigenvalue weighted by Crippen LogP contribution is -1.96. The zero-order valence-corrected chi connectivity index (χ0v) is 14.0. The van der Waals surface area contributed by atoms with E-state index < -0.39 is 5.97 Å². The van der Waals surface area contributed by atoms with Gasteiger partial charge in [0.1, 0.15) is 16.2 Å². The Morgan fingerprint density at radius 1 is 1.26 bits per heavy atom. The van der Waals surface area contributed by atoms with Crippen LogP contribution in [0.15, 0.2) is 61.5 Å². The van der Waals surface area contributed by atoms with E-state index in [1.807, 2.05) is 12.1 Å². The van der Waals surface area contributed by atoms with E-state index in [4.69, 9.17) is 4.42 Å². The third kappa shape index (κ3) is 3.57. The van der Waals surface area contributed by atoms with E-state index in [0.29, 0.717) is 16.7 Å². The van der Waals surface area contributed by atoms with Crippen LogP contribution in [0.25, 0.3) is 17.2 Å². The fourth-order valence-electron chi connectivity index (χ4n) is 1.91. The zero-order chi connectivity index (χ0) is 16.4. The summed E-state index contributed by atoms with van der Waals surface area (Å²) in [5.74, 6) is -1.14. The van der Waals surface area contributed by atoms with Crippen LogP contribution in [-0.4, -0.2) is 21.2 Å². The molecule has 0 saturated carbocycles. The monoisotopic (exact) mass is 391 g/mol. The number of benzene rings is 2. The summed E-state index contributed by atoms with van der Waals surface area (Å²) >= 11 is 4.18. The molecule has 3 rings (SSSR count). The Kier molecular flexibility index (Phi) is 4.40. The fourth-order valence-corrected chi connectivity index (χ4v) is 3.02. The minimum atomic E-state index is -1.13. The van der Waals surface area contributed by atoms with Crippen molar-refractivity contribution in [2.24, 2.45) is 0 Å². The third-order valence-electron chi connectivity index (χ3n) is 2.96. The number of carboxylic acids is 1. The molecule has 23 heavy (non-hydrogen) atoms. The van der Waals surface area contributed by atoms with Gasteiger partial charge in [-0.1, -0.05) is 28.1 Å². The highest BCUT2D eigenvalue weighted by atomic mass is 79.9. The number of aliphatic carboxylic acids is 1. The topological polar surface area (TPSA) is 83.6 Å². The number of carbonyl (C=O) groups is 1. The van der Waals surface area contributed by atoms with Crippen LogP contribution in [0.1, 0.15) is 5.56 Å². The fraction of sp³-hybridized carbons (Fsp3) is 0. The van der Waals surface area contributed by atoms with Gasteiger partial charge in [-0.15, -0.1) is 0 Å². The zero-order valence-electron chi connectivity index (χ0n) is 11.6. The van der Waals surface area contributed by atoms with Crippen LogP contribution < -0.4 is 0 Å². The number of nitrogens with zero attached hydrogens (tertiary/aromatic N) is 1. The molecule has 0 unspecified atom stereocenters. The van der Waals surface area contributed by atoms with E-state index in [1.54, 1.807) is 24.3 Å². The average molecular weight is 392 g/mol. The lowest BCUT2D eigenvalue weighted by Gasteiger charge is -2.02. The van der Waals surface area contributed by atoms with Crippen LogP contribution in [0.3, 0.4) is 0 Å². The molecule has 1 aromatic heterocycles. The molecular formula is C16H10BrNO4S. The molecule has 0 atom stereocenters. The molecule has 5 nitrogen and oxygen atoms in total. The average Bonchev–Trinajstić information content (AvgIpc) is 2.92. The van der Waals surface area contributed by atoms with Gasteiger partial charge in [-0.25, -0.2) is 9.78 Å². The smallest absolute Gasteiger partial charge is 0.342 e. The number of para-hydroxylation sites is 2. The number of aromatic nitrogens is 1. The first-order chi connectivity index (χ1) is 11.0. The molecule has 2 aromatic carbocycles. The second kappa shape index (κ2) is 6.47. The number of hydrogen-bond acceptors (Lipinski definition) is 5. The lowest BCUT2D eigenvalue weighted by molar-refractivity contribution is -0.131. The lowest BCUT2D eigenvalue weighted by atomic mass is 10.2. The maximum Gasteiger partial charge on any atom is 0.342 e. The van der Waals surface area contributed by atoms with Gasteiger partial charge in [0.15, 0.2) is 5.58 Å². The van der Waals surface area contributed by atoms with Gasteiger partial charge in [0.2, 0.25) is 0 Å². The minimum Gasteiger partial charge on any atom is -0.507 e. The second-order valence-electron chi connectivity index (χ2n) is 4.57. The highest BCUT2D eigenvalue weighted by Crippen LogP contribution is 2.32. The van der Waals surface area contributed by atoms with Gasteiger partial charge in [0.25, 0.3) is 5.22 Å². The Morgan fingerprint density at radius 2 is 2.04 bits per heavy atom. The van der Waals surface area contributed by atoms with Gasteiger partial charge in [0, 0.05) is 10.0 Å². The quantitative estimate of drug-likeness (QED) is 0.502. The Hall–Kier alpha value is -2.25. The molecule has 0 amide bonds. The number of aromatic hydroxyl groups is 1. The minimum absolute atomic E-state index is 0.00915. The molecule has 0 spiro atoms. The SMILES string of the molecule is O=C(O)/C(=C/c1cc(Br)ccc1O)Sc1nc2ccccc2o1. The molecule has 0 aliphatic rings. The van der Waals surface area contributed by atoms with Crippen molar-refractivity contribution >= 4 is 50.8 Å². The Bertz CT molecular complexity index is 886. The van der Waals surface area contributed by atoms with Gasteiger partial charge in [-0.05, 0) is 48.2 Å². The van der Waals surface area contributed by atoms with Gasteiger partial charge >= 0.3 is 5.97 Å². The number of oxazole rings is 1. The van der Waals surface area contributed by atoms with Gasteiger partial charge in [-0.2, -0.15) is 0 Å². The molecule has 0 saturated heterocycles. The number of thioether (sulfide) groups is 1. The van der Waals surface area contributed by atoms with E-state index >= 15 is 0 Å². The summed E-state index contributed by atoms with van der Waals surface area (Å²) in [6.07, 6.45) is 1.38. The van der Waals surface area contributed by atoms with Crippen LogP contribution in [-0.2, 0) is 4.79 Å². The van der Waals surface area contributed by atoms with E-state index in [0.717, 1.165) is 16.2 Å². The van der Waals surface area contributed by atoms with Crippen LogP contribution in [0.5, 0.6) is 5.75 Å². The summed E-state index contributed by atoms with van der Waals surface area (Å²) in [5, 5.41) is 19.4. The predicted octanol–water partition coefficient (Wildman–Crippen LogP) is 4.51. The van der Waals surface area contributed by atoms with Crippen molar-refractivity contribution in [1.82, 2.24) is 4.98 Å². The first-order valence-corrected chi connectivity index (χ1v) is 8.11. The predicted molar refractivity (Wildman–Crippen MR) is 91.3 cm³/mol. The number of carboxylic acid groups (broad SMARTS) is 1. The van der Waals surface area contributed by atoms with Crippen molar-refractivity contribution < 1.29 is 19.4 Å². The van der Waals surface area contributed by atoms with E-state index in [-0.39, 0.29) is 15.9 Å². The molecule has 116 valence electrons. The van der Waals surface area contributed by atoms with Crippen molar-refractivity contribution in [3.63, 3.8) is 0 Å². The number of halogens is 1. The molecule has 0 aliphatic heterocycles. The second-order valence-corrected chi connectivity index (χ2v) is 6.48. The first-order valence-electron chi connectivity index (χ1n) is 6.50. The molecule has 3 aromatic rings. The number of phenols is 1. The molecule has 0 fully saturated rings. The Morgan fingerprint density at radius 3 is 2.78 bits per heavy atom. The van der Waals surface area contributed by atoms with Crippen molar-refractivity contribution in [3.05, 3.63) is 57.4 Å². The molecule has 2 N–H and O–H groups in total. The largest absolute Gasteiger partial charge is 0.507 e. The molecule has 1 heterocycles. The summed E-state index contributed by atoms with van der Waals surface area (Å²) in [6.45, 7) is 0. The molecule has 0 aliphatic carbocycles. The van der Waals surface area contributed by atoms with Crippen LogP contribution >= 0.6 is 27.7 Å². The maximum absolute atomic E-state index is 11.5. The van der Waals surface area contributed by atoms with Gasteiger partial charge < -0.3 is 14.6 Å². The number of hydrogen-bond donors (Lipinski definition) is 2. The molecule has 0 bridgehead atoms. The summed E-state index contributed by atoms with van der Waals surface area (Å²) in [7, 11) is 0. The first kappa shape index (κ1) is 15.6. The van der Waals surface area contributed by atoms with Gasteiger partial charge in [0.05, 0.1) is 0 Å². The third-order valence-corrected chi connectivity index (χ3v) is 4.31. The van der Waals surface area contributed by atoms with Crippen LogP contribution in [0, 0.1) is 0 Å². The van der Waals surface area contributed by atoms with Crippen molar-refractivity contribution in [1.29, 1.82) is 0 Å². The summed E-state index contributed by atoms with van der Waals surface area (Å²) in [4.78, 5) is 15.7. The molecule has 7 heteroatoms. The van der Waals surface area contributed by atoms with E-state index in [1.165, 1.54) is 12.1 Å². The Labute approximate surface area is 143 Å². The van der Waals surface area contributed by atoms with Gasteiger partial charge in [-0.3, -0.25) is 0 Å². The normalized spacial score (nSPS) is 11.8. The highest BCUT2D eigenvalue weighted by Gasteiger charge is 2.15. The van der Waals surface area contributed by atoms with Crippen molar-refractivity contribution in [2.45, 2.75) is 5.22 Å². The summed E-state index contributed by atoms with van der Waals surface area (Å²) < 4.78 is 6.25. The summed E-state index contributed by atoms with van der Waals surface area (Å²) in [6, 6.07) is 12.0. The maximum atomic E-state index is 11.5. The Balaban J connectivity index is 1.97. The highest BCUT2D eigenvalue weighted by molar-refractivity contribution is 9.10. The molecular weight excluding hydrogens is 382 g/mol. The number of rotatable bonds is 4. The van der Waals surface area contributed by atoms with Crippen molar-refractivity contribution in [2.75, 3.05) is 0 Å². The van der Waals surface area contributed by atoms with Crippen molar-refractivity contribution in [3.8, 4) is 5.75 Å². The molecule has 0 radical (unpaired) electrons. The van der Waals surface area contributed by atoms with E-state index in [2.05, 4.69) is 20.9 Å². The van der Waals surface area contributed by atoms with Crippen LogP contribution in [0.4, 0.5) is 0 Å².